The zero-order valence-electron chi connectivity index (χ0n) is 24.1. The van der Waals surface area contributed by atoms with Gasteiger partial charge in [0.25, 0.3) is 10.0 Å². The van der Waals surface area contributed by atoms with Crippen LogP contribution in [0.4, 0.5) is 16.0 Å². The number of nitrogens with one attached hydrogen (secondary N) is 1. The van der Waals surface area contributed by atoms with Crippen LogP contribution in [0.5, 0.6) is 5.75 Å². The summed E-state index contributed by atoms with van der Waals surface area (Å²) in [5.74, 6) is 0.535. The van der Waals surface area contributed by atoms with Crippen molar-refractivity contribution < 1.29 is 17.5 Å². The predicted molar refractivity (Wildman–Crippen MR) is 163 cm³/mol. The highest BCUT2D eigenvalue weighted by Crippen LogP contribution is 2.29. The second-order valence-electron chi connectivity index (χ2n) is 10.6. The number of pyridine rings is 2. The van der Waals surface area contributed by atoms with E-state index in [2.05, 4.69) is 51.4 Å². The van der Waals surface area contributed by atoms with Crippen molar-refractivity contribution in [1.29, 1.82) is 0 Å². The first-order valence-electron chi connectivity index (χ1n) is 14.0. The van der Waals surface area contributed by atoms with E-state index in [9.17, 15) is 12.8 Å². The minimum Gasteiger partial charge on any atom is -0.497 e. The highest BCUT2D eigenvalue weighted by molar-refractivity contribution is 7.92. The zero-order chi connectivity index (χ0) is 29.7. The molecular formula is C32H36FN5O3S. The lowest BCUT2D eigenvalue weighted by Crippen LogP contribution is -2.40. The normalized spacial score (nSPS) is 15.2. The second kappa shape index (κ2) is 12.9. The maximum atomic E-state index is 14.1. The highest BCUT2D eigenvalue weighted by Gasteiger charge is 2.29. The van der Waals surface area contributed by atoms with E-state index in [1.165, 1.54) is 30.0 Å². The first-order valence-corrected chi connectivity index (χ1v) is 15.5. The first-order chi connectivity index (χ1) is 20.2. The molecule has 0 amide bonds. The van der Waals surface area contributed by atoms with Gasteiger partial charge in [-0.15, -0.1) is 0 Å². The van der Waals surface area contributed by atoms with E-state index in [-0.39, 0.29) is 23.3 Å². The third kappa shape index (κ3) is 6.71. The van der Waals surface area contributed by atoms with Gasteiger partial charge < -0.3 is 10.1 Å². The largest absolute Gasteiger partial charge is 0.497 e. The van der Waals surface area contributed by atoms with Crippen LogP contribution < -0.4 is 14.4 Å². The Bertz CT molecular complexity index is 1590. The SMILES string of the molecule is COc1ccc(CN(c2cccc(F)n2)S(=O)(=O)c2cnc(NC3CCN(C(C)c4ccccc4)CC3)c(C)c2)cc1. The summed E-state index contributed by atoms with van der Waals surface area (Å²) in [6, 6.07) is 23.8. The average molecular weight is 590 g/mol. The van der Waals surface area contributed by atoms with Gasteiger partial charge in [-0.2, -0.15) is 4.39 Å². The maximum absolute atomic E-state index is 14.1. The van der Waals surface area contributed by atoms with E-state index < -0.39 is 16.0 Å². The van der Waals surface area contributed by atoms with Crippen LogP contribution >= 0.6 is 0 Å². The third-order valence-electron chi connectivity index (χ3n) is 7.78. The molecule has 1 atom stereocenters. The van der Waals surface area contributed by atoms with Crippen molar-refractivity contribution >= 4 is 21.7 Å². The molecule has 1 fully saturated rings. The number of likely N-dealkylation sites (tertiary alicyclic amines) is 1. The summed E-state index contributed by atoms with van der Waals surface area (Å²) in [5, 5.41) is 3.53. The molecule has 0 bridgehead atoms. The van der Waals surface area contributed by atoms with Gasteiger partial charge in [-0.25, -0.2) is 22.7 Å². The summed E-state index contributed by atoms with van der Waals surface area (Å²) in [6.07, 6.45) is 3.27. The van der Waals surface area contributed by atoms with Crippen molar-refractivity contribution in [2.45, 2.75) is 50.2 Å². The molecule has 10 heteroatoms. The van der Waals surface area contributed by atoms with Crippen LogP contribution in [0.15, 0.2) is 90.0 Å². The molecule has 2 aromatic heterocycles. The van der Waals surface area contributed by atoms with Gasteiger partial charge in [0.2, 0.25) is 5.95 Å². The van der Waals surface area contributed by atoms with E-state index in [4.69, 9.17) is 4.74 Å². The fourth-order valence-corrected chi connectivity index (χ4v) is 6.69. The summed E-state index contributed by atoms with van der Waals surface area (Å²) >= 11 is 0. The summed E-state index contributed by atoms with van der Waals surface area (Å²) in [6.45, 7) is 5.96. The van der Waals surface area contributed by atoms with Crippen molar-refractivity contribution in [2.24, 2.45) is 0 Å². The zero-order valence-corrected chi connectivity index (χ0v) is 24.9. The number of benzene rings is 2. The lowest BCUT2D eigenvalue weighted by Gasteiger charge is -2.36. The number of aryl methyl sites for hydroxylation is 1. The van der Waals surface area contributed by atoms with E-state index in [1.807, 2.05) is 13.0 Å². The summed E-state index contributed by atoms with van der Waals surface area (Å²) in [7, 11) is -2.56. The molecule has 5 rings (SSSR count). The number of hydrogen-bond acceptors (Lipinski definition) is 7. The van der Waals surface area contributed by atoms with E-state index >= 15 is 0 Å². The molecular weight excluding hydrogens is 553 g/mol. The van der Waals surface area contributed by atoms with Crippen molar-refractivity contribution in [2.75, 3.05) is 29.8 Å². The minimum absolute atomic E-state index is 0.0108. The van der Waals surface area contributed by atoms with Crippen molar-refractivity contribution in [3.63, 3.8) is 0 Å². The fraction of sp³-hybridized carbons (Fsp3) is 0.312. The van der Waals surface area contributed by atoms with Gasteiger partial charge in [0.15, 0.2) is 0 Å². The van der Waals surface area contributed by atoms with Crippen LogP contribution in [0.1, 0.15) is 42.5 Å². The van der Waals surface area contributed by atoms with Gasteiger partial charge in [0, 0.05) is 31.4 Å². The van der Waals surface area contributed by atoms with Crippen LogP contribution in [-0.4, -0.2) is 49.5 Å². The number of ether oxygens (including phenoxy) is 1. The predicted octanol–water partition coefficient (Wildman–Crippen LogP) is 5.97. The summed E-state index contributed by atoms with van der Waals surface area (Å²) < 4.78 is 48.2. The number of halogens is 1. The van der Waals surface area contributed by atoms with Gasteiger partial charge in [0.05, 0.1) is 13.7 Å². The Balaban J connectivity index is 1.31. The molecule has 0 radical (unpaired) electrons. The number of nitrogens with zero attached hydrogens (tertiary/aromatic N) is 4. The molecule has 2 aromatic carbocycles. The molecule has 0 aliphatic carbocycles. The molecule has 4 aromatic rings. The number of hydrogen-bond donors (Lipinski definition) is 1. The van der Waals surface area contributed by atoms with Crippen molar-refractivity contribution in [3.8, 4) is 5.75 Å². The Morgan fingerprint density at radius 2 is 1.76 bits per heavy atom. The number of anilines is 2. The van der Waals surface area contributed by atoms with Gasteiger partial charge >= 0.3 is 0 Å². The second-order valence-corrected chi connectivity index (χ2v) is 12.4. The first kappa shape index (κ1) is 29.5. The number of piperidine rings is 1. The van der Waals surface area contributed by atoms with Crippen molar-refractivity contribution in [3.05, 3.63) is 108 Å². The molecule has 1 unspecified atom stereocenters. The number of aromatic nitrogens is 2. The molecule has 8 nitrogen and oxygen atoms in total. The number of methoxy groups -OCH3 is 1. The van der Waals surface area contributed by atoms with E-state index in [1.54, 1.807) is 37.4 Å². The standard InChI is InChI=1S/C32H36FN5O3S/c1-23-20-29(21-34-32(23)35-27-16-18-37(19-17-27)24(2)26-8-5-4-6-9-26)42(39,40)38(31-11-7-10-30(33)36-31)22-25-12-14-28(41-3)15-13-25/h4-15,20-21,24,27H,16-19,22H2,1-3H3,(H,34,35). The number of rotatable bonds is 10. The van der Waals surface area contributed by atoms with Crippen LogP contribution in [-0.2, 0) is 16.6 Å². The Morgan fingerprint density at radius 1 is 1.05 bits per heavy atom. The Morgan fingerprint density at radius 3 is 2.40 bits per heavy atom. The lowest BCUT2D eigenvalue weighted by molar-refractivity contribution is 0.167. The van der Waals surface area contributed by atoms with Crippen LogP contribution in [0.3, 0.4) is 0 Å². The smallest absolute Gasteiger partial charge is 0.267 e. The van der Waals surface area contributed by atoms with Crippen LogP contribution in [0.2, 0.25) is 0 Å². The Kier molecular flexibility index (Phi) is 9.03. The van der Waals surface area contributed by atoms with Gasteiger partial charge in [-0.3, -0.25) is 4.90 Å². The van der Waals surface area contributed by atoms with Gasteiger partial charge in [0.1, 0.15) is 22.3 Å². The number of sulfonamides is 1. The monoisotopic (exact) mass is 589 g/mol. The van der Waals surface area contributed by atoms with Crippen molar-refractivity contribution in [1.82, 2.24) is 14.9 Å². The Labute approximate surface area is 247 Å². The van der Waals surface area contributed by atoms with E-state index in [0.717, 1.165) is 30.2 Å². The minimum atomic E-state index is -4.12. The molecule has 1 saturated heterocycles. The molecule has 220 valence electrons. The molecule has 42 heavy (non-hydrogen) atoms. The van der Waals surface area contributed by atoms with Crippen LogP contribution in [0.25, 0.3) is 0 Å². The quantitative estimate of drug-likeness (QED) is 0.228. The molecule has 1 N–H and O–H groups in total. The topological polar surface area (TPSA) is 87.7 Å². The maximum Gasteiger partial charge on any atom is 0.267 e. The van der Waals surface area contributed by atoms with E-state index in [0.29, 0.717) is 28.7 Å². The molecule has 1 aliphatic heterocycles. The van der Waals surface area contributed by atoms with Gasteiger partial charge in [-0.1, -0.05) is 48.5 Å². The van der Waals surface area contributed by atoms with Crippen LogP contribution in [0, 0.1) is 12.9 Å². The Hall–Kier alpha value is -4.02. The molecule has 1 aliphatic rings. The highest BCUT2D eigenvalue weighted by atomic mass is 32.2. The summed E-state index contributed by atoms with van der Waals surface area (Å²) in [4.78, 5) is 10.9. The fourth-order valence-electron chi connectivity index (χ4n) is 5.26. The molecule has 3 heterocycles. The molecule has 0 saturated carbocycles. The third-order valence-corrected chi connectivity index (χ3v) is 9.50. The van der Waals surface area contributed by atoms with Gasteiger partial charge in [-0.05, 0) is 73.7 Å². The lowest BCUT2D eigenvalue weighted by atomic mass is 10.00. The molecule has 0 spiro atoms. The summed E-state index contributed by atoms with van der Waals surface area (Å²) in [5.41, 5.74) is 2.72. The average Bonchev–Trinajstić information content (AvgIpc) is 3.01.